The summed E-state index contributed by atoms with van der Waals surface area (Å²) in [4.78, 5) is 43.1. The zero-order valence-corrected chi connectivity index (χ0v) is 22.0. The topological polar surface area (TPSA) is 119 Å². The third-order valence-electron chi connectivity index (χ3n) is 8.41. The number of hydrogen-bond donors (Lipinski definition) is 3. The number of anilines is 2. The minimum absolute atomic E-state index is 0.266. The maximum Gasteiger partial charge on any atom is 0.341 e. The first-order valence-corrected chi connectivity index (χ1v) is 13.2. The number of fused-ring (bicyclic) bond motifs is 5. The van der Waals surface area contributed by atoms with Crippen molar-refractivity contribution in [2.24, 2.45) is 13.0 Å². The predicted molar refractivity (Wildman–Crippen MR) is 153 cm³/mol. The minimum atomic E-state index is -1.25. The standard InChI is InChI=1S/C29H29N7O3/c1-30-26-22(16-10-18-25(37)19(29(38)39)13-35(3)28(18)31-11-16)24(36-9-8-15-12-34(2)14-21(15)36)23-17-6-4-5-7-20(17)32-27(23)33-26/h4-7,10-11,13,15,21H,8-9,12,14H2,1-3H3,(H,38,39)(H2,30,32,33). The van der Waals surface area contributed by atoms with Crippen molar-refractivity contribution in [1.82, 2.24) is 24.4 Å². The van der Waals surface area contributed by atoms with E-state index in [1.54, 1.807) is 23.9 Å². The minimum Gasteiger partial charge on any atom is -0.477 e. The van der Waals surface area contributed by atoms with Crippen LogP contribution in [0.2, 0.25) is 0 Å². The summed E-state index contributed by atoms with van der Waals surface area (Å²) in [6.07, 6.45) is 4.19. The van der Waals surface area contributed by atoms with Gasteiger partial charge < -0.3 is 29.8 Å². The molecule has 39 heavy (non-hydrogen) atoms. The zero-order chi connectivity index (χ0) is 27.0. The molecule has 2 atom stereocenters. The van der Waals surface area contributed by atoms with Crippen molar-refractivity contribution in [3.8, 4) is 11.1 Å². The molecule has 198 valence electrons. The number of nitrogens with one attached hydrogen (secondary N) is 2. The molecule has 2 aliphatic heterocycles. The van der Waals surface area contributed by atoms with Crippen molar-refractivity contribution in [3.63, 3.8) is 0 Å². The molecule has 10 nitrogen and oxygen atoms in total. The van der Waals surface area contributed by atoms with Crippen LogP contribution in [0.1, 0.15) is 16.8 Å². The average Bonchev–Trinajstić information content (AvgIpc) is 3.60. The number of aromatic carboxylic acids is 1. The summed E-state index contributed by atoms with van der Waals surface area (Å²) in [5, 5.41) is 15.3. The number of carboxylic acid groups (broad SMARTS) is 1. The van der Waals surface area contributed by atoms with Gasteiger partial charge in [0.2, 0.25) is 5.43 Å². The number of H-pyrrole nitrogens is 1. The molecule has 6 heterocycles. The number of benzene rings is 1. The van der Waals surface area contributed by atoms with Gasteiger partial charge in [0, 0.05) is 74.2 Å². The highest BCUT2D eigenvalue weighted by atomic mass is 16.4. The summed E-state index contributed by atoms with van der Waals surface area (Å²) in [5.74, 6) is -0.00415. The molecule has 1 aromatic carbocycles. The molecule has 5 aromatic rings. The van der Waals surface area contributed by atoms with Crippen LogP contribution in [0.15, 0.2) is 47.5 Å². The van der Waals surface area contributed by atoms with Gasteiger partial charge in [0.25, 0.3) is 0 Å². The highest BCUT2D eigenvalue weighted by Gasteiger charge is 2.42. The monoisotopic (exact) mass is 523 g/mol. The fourth-order valence-corrected chi connectivity index (χ4v) is 6.70. The van der Waals surface area contributed by atoms with E-state index >= 15 is 0 Å². The van der Waals surface area contributed by atoms with Crippen LogP contribution in [-0.2, 0) is 7.05 Å². The number of hydrogen-bond acceptors (Lipinski definition) is 7. The predicted octanol–water partition coefficient (Wildman–Crippen LogP) is 3.51. The number of aromatic amines is 1. The second-order valence-corrected chi connectivity index (χ2v) is 10.7. The van der Waals surface area contributed by atoms with Gasteiger partial charge in [0.05, 0.1) is 16.5 Å². The SMILES string of the molecule is CNc1nc2[nH]c3ccccc3c2c(N2CCC3CN(C)CC32)c1-c1cnc2c(c1)c(=O)c(C(=O)O)cn2C. The normalized spacial score (nSPS) is 19.4. The number of aromatic nitrogens is 4. The van der Waals surface area contributed by atoms with E-state index in [9.17, 15) is 14.7 Å². The van der Waals surface area contributed by atoms with E-state index in [1.807, 2.05) is 19.2 Å². The van der Waals surface area contributed by atoms with Crippen LogP contribution in [0.25, 0.3) is 44.1 Å². The van der Waals surface area contributed by atoms with Crippen LogP contribution in [0.4, 0.5) is 11.5 Å². The van der Waals surface area contributed by atoms with E-state index in [0.717, 1.165) is 64.8 Å². The second-order valence-electron chi connectivity index (χ2n) is 10.7. The smallest absolute Gasteiger partial charge is 0.341 e. The second kappa shape index (κ2) is 8.54. The lowest BCUT2D eigenvalue weighted by Crippen LogP contribution is -2.35. The molecule has 0 spiro atoms. The molecular weight excluding hydrogens is 494 g/mol. The molecule has 2 fully saturated rings. The summed E-state index contributed by atoms with van der Waals surface area (Å²) in [6.45, 7) is 2.97. The fraction of sp³-hybridized carbons (Fsp3) is 0.310. The third kappa shape index (κ3) is 3.44. The van der Waals surface area contributed by atoms with E-state index in [4.69, 9.17) is 4.98 Å². The highest BCUT2D eigenvalue weighted by Crippen LogP contribution is 2.48. The molecule has 7 rings (SSSR count). The summed E-state index contributed by atoms with van der Waals surface area (Å²) in [5.41, 5.74) is 4.07. The molecule has 2 saturated heterocycles. The Morgan fingerprint density at radius 3 is 2.79 bits per heavy atom. The quantitative estimate of drug-likeness (QED) is 0.328. The number of rotatable bonds is 4. The average molecular weight is 524 g/mol. The van der Waals surface area contributed by atoms with Crippen LogP contribution < -0.4 is 15.6 Å². The summed E-state index contributed by atoms with van der Waals surface area (Å²) in [6, 6.07) is 10.4. The van der Waals surface area contributed by atoms with Gasteiger partial charge in [-0.25, -0.2) is 14.8 Å². The Kier molecular flexibility index (Phi) is 5.18. The molecule has 0 saturated carbocycles. The van der Waals surface area contributed by atoms with Crippen LogP contribution >= 0.6 is 0 Å². The molecule has 0 aliphatic carbocycles. The molecular formula is C29H29N7O3. The van der Waals surface area contributed by atoms with Gasteiger partial charge >= 0.3 is 5.97 Å². The molecule has 2 unspecified atom stereocenters. The number of aryl methyl sites for hydroxylation is 1. The van der Waals surface area contributed by atoms with Crippen molar-refractivity contribution < 1.29 is 9.90 Å². The first kappa shape index (κ1) is 23.7. The summed E-state index contributed by atoms with van der Waals surface area (Å²) >= 11 is 0. The number of carbonyl (C=O) groups is 1. The number of para-hydroxylation sites is 1. The molecule has 10 heteroatoms. The van der Waals surface area contributed by atoms with Gasteiger partial charge in [-0.1, -0.05) is 18.2 Å². The van der Waals surface area contributed by atoms with Crippen molar-refractivity contribution >= 4 is 50.4 Å². The van der Waals surface area contributed by atoms with Gasteiger partial charge in [-0.3, -0.25) is 4.79 Å². The van der Waals surface area contributed by atoms with Gasteiger partial charge in [-0.05, 0) is 31.5 Å². The maximum atomic E-state index is 13.2. The Morgan fingerprint density at radius 2 is 2.00 bits per heavy atom. The number of likely N-dealkylation sites (N-methyl/N-ethyl adjacent to an activating group) is 1. The molecule has 0 amide bonds. The van der Waals surface area contributed by atoms with Gasteiger partial charge in [0.15, 0.2) is 0 Å². The largest absolute Gasteiger partial charge is 0.477 e. The van der Waals surface area contributed by atoms with Crippen LogP contribution in [0, 0.1) is 5.92 Å². The lowest BCUT2D eigenvalue weighted by Gasteiger charge is -2.30. The lowest BCUT2D eigenvalue weighted by molar-refractivity contribution is 0.0695. The Bertz CT molecular complexity index is 1870. The van der Waals surface area contributed by atoms with Crippen molar-refractivity contribution in [2.75, 3.05) is 43.9 Å². The molecule has 3 N–H and O–H groups in total. The van der Waals surface area contributed by atoms with Crippen molar-refractivity contribution in [2.45, 2.75) is 12.5 Å². The Balaban J connectivity index is 1.58. The van der Waals surface area contributed by atoms with Crippen LogP contribution in [0.3, 0.4) is 0 Å². The number of nitrogens with zero attached hydrogens (tertiary/aromatic N) is 5. The first-order valence-electron chi connectivity index (χ1n) is 13.2. The van der Waals surface area contributed by atoms with Crippen LogP contribution in [0.5, 0.6) is 0 Å². The first-order chi connectivity index (χ1) is 18.9. The van der Waals surface area contributed by atoms with E-state index in [2.05, 4.69) is 44.3 Å². The van der Waals surface area contributed by atoms with E-state index in [-0.39, 0.29) is 10.9 Å². The molecule has 2 aliphatic rings. The number of likely N-dealkylation sites (tertiary alicyclic amines) is 1. The zero-order valence-electron chi connectivity index (χ0n) is 22.0. The van der Waals surface area contributed by atoms with E-state index in [0.29, 0.717) is 23.4 Å². The Morgan fingerprint density at radius 1 is 1.18 bits per heavy atom. The Hall–Kier alpha value is -4.44. The van der Waals surface area contributed by atoms with Gasteiger partial charge in [-0.2, -0.15) is 0 Å². The lowest BCUT2D eigenvalue weighted by atomic mass is 9.98. The van der Waals surface area contributed by atoms with Gasteiger partial charge in [0.1, 0.15) is 22.7 Å². The number of pyridine rings is 3. The summed E-state index contributed by atoms with van der Waals surface area (Å²) < 4.78 is 1.59. The van der Waals surface area contributed by atoms with Crippen LogP contribution in [-0.4, -0.2) is 75.3 Å². The number of carboxylic acids is 1. The molecule has 0 radical (unpaired) electrons. The Labute approximate surface area is 223 Å². The molecule has 4 aromatic heterocycles. The third-order valence-corrected chi connectivity index (χ3v) is 8.41. The molecule has 0 bridgehead atoms. The maximum absolute atomic E-state index is 13.2. The van der Waals surface area contributed by atoms with E-state index in [1.165, 1.54) is 6.20 Å². The van der Waals surface area contributed by atoms with E-state index < -0.39 is 11.4 Å². The summed E-state index contributed by atoms with van der Waals surface area (Å²) in [7, 11) is 5.72. The van der Waals surface area contributed by atoms with Crippen molar-refractivity contribution in [3.05, 3.63) is 58.5 Å². The highest BCUT2D eigenvalue weighted by molar-refractivity contribution is 6.17. The van der Waals surface area contributed by atoms with Crippen molar-refractivity contribution in [1.29, 1.82) is 0 Å². The van der Waals surface area contributed by atoms with Gasteiger partial charge in [-0.15, -0.1) is 0 Å². The fourth-order valence-electron chi connectivity index (χ4n) is 6.70.